The number of rotatable bonds is 5. The second kappa shape index (κ2) is 7.05. The van der Waals surface area contributed by atoms with Crippen LogP contribution in [0.1, 0.15) is 18.4 Å². The van der Waals surface area contributed by atoms with Crippen LogP contribution in [-0.2, 0) is 13.1 Å². The molecule has 2 aromatic rings. The Balaban J connectivity index is 1.69. The van der Waals surface area contributed by atoms with Crippen LogP contribution < -0.4 is 0 Å². The molecule has 2 heterocycles. The normalized spacial score (nSPS) is 19.2. The second-order valence-electron chi connectivity index (χ2n) is 5.28. The van der Waals surface area contributed by atoms with Crippen LogP contribution in [0.3, 0.4) is 0 Å². The summed E-state index contributed by atoms with van der Waals surface area (Å²) in [6, 6.07) is 11.4. The Bertz CT molecular complexity index is 635. The quantitative estimate of drug-likeness (QED) is 0.605. The maximum atomic E-state index is 5.42. The van der Waals surface area contributed by atoms with E-state index in [0.29, 0.717) is 6.04 Å². The van der Waals surface area contributed by atoms with Gasteiger partial charge in [-0.05, 0) is 43.3 Å². The van der Waals surface area contributed by atoms with Gasteiger partial charge in [-0.3, -0.25) is 4.90 Å². The van der Waals surface area contributed by atoms with Gasteiger partial charge in [0.2, 0.25) is 0 Å². The van der Waals surface area contributed by atoms with Crippen LogP contribution in [0.2, 0.25) is 0 Å². The number of aromatic nitrogens is 2. The molecule has 0 bridgehead atoms. The molecule has 6 heteroatoms. The van der Waals surface area contributed by atoms with E-state index in [4.69, 9.17) is 12.2 Å². The Morgan fingerprint density at radius 2 is 2.19 bits per heavy atom. The van der Waals surface area contributed by atoms with Crippen LogP contribution in [0.15, 0.2) is 34.7 Å². The van der Waals surface area contributed by atoms with Crippen molar-refractivity contribution in [3.8, 4) is 0 Å². The van der Waals surface area contributed by atoms with Gasteiger partial charge in [-0.2, -0.15) is 5.10 Å². The lowest BCUT2D eigenvalue weighted by molar-refractivity contribution is 0.187. The maximum absolute atomic E-state index is 5.42. The SMILES string of the molecule is CSc1nn(CN2CCCC2Cc2ccccc2)c(=S)s1. The third-order valence-electron chi connectivity index (χ3n) is 3.89. The van der Waals surface area contributed by atoms with Crippen LogP contribution in [0.4, 0.5) is 0 Å². The van der Waals surface area contributed by atoms with Crippen LogP contribution >= 0.6 is 35.3 Å². The van der Waals surface area contributed by atoms with Crippen molar-refractivity contribution in [3.05, 3.63) is 39.8 Å². The van der Waals surface area contributed by atoms with Gasteiger partial charge in [0.25, 0.3) is 0 Å². The van der Waals surface area contributed by atoms with Crippen LogP contribution in [0, 0.1) is 3.95 Å². The maximum Gasteiger partial charge on any atom is 0.181 e. The highest BCUT2D eigenvalue weighted by Gasteiger charge is 2.25. The summed E-state index contributed by atoms with van der Waals surface area (Å²) in [5.74, 6) is 0. The van der Waals surface area contributed by atoms with Gasteiger partial charge in [-0.1, -0.05) is 53.4 Å². The number of thioether (sulfide) groups is 1. The summed E-state index contributed by atoms with van der Waals surface area (Å²) in [7, 11) is 0. The van der Waals surface area contributed by atoms with Gasteiger partial charge in [0, 0.05) is 12.6 Å². The lowest BCUT2D eigenvalue weighted by Gasteiger charge is -2.24. The molecular formula is C15H19N3S3. The van der Waals surface area contributed by atoms with E-state index >= 15 is 0 Å². The van der Waals surface area contributed by atoms with Gasteiger partial charge in [0.05, 0.1) is 6.67 Å². The minimum absolute atomic E-state index is 0.605. The van der Waals surface area contributed by atoms with Gasteiger partial charge in [0.15, 0.2) is 8.29 Å². The van der Waals surface area contributed by atoms with Crippen molar-refractivity contribution >= 4 is 35.3 Å². The number of hydrogen-bond donors (Lipinski definition) is 0. The molecule has 1 aliphatic rings. The molecule has 0 amide bonds. The highest BCUT2D eigenvalue weighted by Crippen LogP contribution is 2.24. The summed E-state index contributed by atoms with van der Waals surface area (Å²) < 4.78 is 3.92. The predicted octanol–water partition coefficient (Wildman–Crippen LogP) is 4.06. The molecule has 112 valence electrons. The summed E-state index contributed by atoms with van der Waals surface area (Å²) in [6.45, 7) is 1.97. The number of likely N-dealkylation sites (tertiary alicyclic amines) is 1. The topological polar surface area (TPSA) is 21.1 Å². The second-order valence-corrected chi connectivity index (χ2v) is 7.95. The van der Waals surface area contributed by atoms with Crippen LogP contribution in [0.5, 0.6) is 0 Å². The Morgan fingerprint density at radius 1 is 1.38 bits per heavy atom. The van der Waals surface area contributed by atoms with E-state index in [9.17, 15) is 0 Å². The highest BCUT2D eigenvalue weighted by molar-refractivity contribution is 8.00. The zero-order chi connectivity index (χ0) is 14.7. The van der Waals surface area contributed by atoms with Crippen molar-refractivity contribution in [2.24, 2.45) is 0 Å². The molecule has 1 aliphatic heterocycles. The van der Waals surface area contributed by atoms with Crippen LogP contribution in [0.25, 0.3) is 0 Å². The lowest BCUT2D eigenvalue weighted by atomic mass is 10.0. The third kappa shape index (κ3) is 3.74. The van der Waals surface area contributed by atoms with Crippen LogP contribution in [-0.4, -0.2) is 33.5 Å². The standard InChI is InChI=1S/C15H19N3S3/c1-20-14-16-18(15(19)21-14)11-17-9-5-8-13(17)10-12-6-3-2-4-7-12/h2-4,6-7,13H,5,8-11H2,1H3. The fourth-order valence-corrected chi connectivity index (χ4v) is 4.57. The van der Waals surface area contributed by atoms with Crippen molar-refractivity contribution in [3.63, 3.8) is 0 Å². The molecule has 0 saturated carbocycles. The van der Waals surface area contributed by atoms with Gasteiger partial charge in [-0.25, -0.2) is 4.68 Å². The molecule has 0 N–H and O–H groups in total. The fraction of sp³-hybridized carbons (Fsp3) is 0.467. The van der Waals surface area contributed by atoms with E-state index in [1.54, 1.807) is 23.1 Å². The molecule has 21 heavy (non-hydrogen) atoms. The third-order valence-corrected chi connectivity index (χ3v) is 6.17. The smallest absolute Gasteiger partial charge is 0.181 e. The van der Waals surface area contributed by atoms with Crippen molar-refractivity contribution in [1.29, 1.82) is 0 Å². The lowest BCUT2D eigenvalue weighted by Crippen LogP contribution is -2.33. The van der Waals surface area contributed by atoms with Crippen molar-refractivity contribution < 1.29 is 0 Å². The first-order valence-corrected chi connectivity index (χ1v) is 9.61. The molecule has 1 atom stereocenters. The molecule has 1 aromatic heterocycles. The van der Waals surface area contributed by atoms with E-state index < -0.39 is 0 Å². The molecular weight excluding hydrogens is 318 g/mol. The minimum Gasteiger partial charge on any atom is -0.281 e. The van der Waals surface area contributed by atoms with Crippen molar-refractivity contribution in [1.82, 2.24) is 14.7 Å². The van der Waals surface area contributed by atoms with Gasteiger partial charge >= 0.3 is 0 Å². The molecule has 1 aromatic carbocycles. The zero-order valence-corrected chi connectivity index (χ0v) is 14.5. The number of nitrogens with zero attached hydrogens (tertiary/aromatic N) is 3. The number of hydrogen-bond acceptors (Lipinski definition) is 5. The Labute approximate surface area is 139 Å². The first kappa shape index (κ1) is 15.2. The van der Waals surface area contributed by atoms with Gasteiger partial charge in [0.1, 0.15) is 0 Å². The molecule has 0 spiro atoms. The summed E-state index contributed by atoms with van der Waals surface area (Å²) in [5.41, 5.74) is 1.42. The van der Waals surface area contributed by atoms with Crippen molar-refractivity contribution in [2.75, 3.05) is 12.8 Å². The first-order chi connectivity index (χ1) is 10.3. The zero-order valence-electron chi connectivity index (χ0n) is 12.1. The van der Waals surface area contributed by atoms with Gasteiger partial charge in [-0.15, -0.1) is 0 Å². The molecule has 1 unspecified atom stereocenters. The summed E-state index contributed by atoms with van der Waals surface area (Å²) in [5, 5.41) is 4.59. The monoisotopic (exact) mass is 337 g/mol. The van der Waals surface area contributed by atoms with E-state index in [-0.39, 0.29) is 0 Å². The summed E-state index contributed by atoms with van der Waals surface area (Å²) in [4.78, 5) is 2.52. The molecule has 3 nitrogen and oxygen atoms in total. The fourth-order valence-electron chi connectivity index (χ4n) is 2.83. The van der Waals surface area contributed by atoms with Gasteiger partial charge < -0.3 is 0 Å². The van der Waals surface area contributed by atoms with E-state index in [2.05, 4.69) is 40.3 Å². The average molecular weight is 338 g/mol. The Kier molecular flexibility index (Phi) is 5.11. The molecule has 1 fully saturated rings. The molecule has 3 rings (SSSR count). The Morgan fingerprint density at radius 3 is 2.90 bits per heavy atom. The van der Waals surface area contributed by atoms with E-state index in [1.807, 2.05) is 10.9 Å². The predicted molar refractivity (Wildman–Crippen MR) is 92.6 cm³/mol. The first-order valence-electron chi connectivity index (χ1n) is 7.16. The average Bonchev–Trinajstić information content (AvgIpc) is 3.08. The summed E-state index contributed by atoms with van der Waals surface area (Å²) >= 11 is 8.69. The number of benzene rings is 1. The molecule has 0 aliphatic carbocycles. The Hall–Kier alpha value is -0.690. The minimum atomic E-state index is 0.605. The highest BCUT2D eigenvalue weighted by atomic mass is 32.2. The van der Waals surface area contributed by atoms with E-state index in [1.165, 1.54) is 18.4 Å². The van der Waals surface area contributed by atoms with Crippen molar-refractivity contribution in [2.45, 2.75) is 36.3 Å². The van der Waals surface area contributed by atoms with E-state index in [0.717, 1.165) is 27.9 Å². The summed E-state index contributed by atoms with van der Waals surface area (Å²) in [6.07, 6.45) is 5.70. The molecule has 0 radical (unpaired) electrons. The largest absolute Gasteiger partial charge is 0.281 e. The molecule has 1 saturated heterocycles.